The number of carbonyl (C=O) groups excluding carboxylic acids is 1. The predicted molar refractivity (Wildman–Crippen MR) is 87.7 cm³/mol. The highest BCUT2D eigenvalue weighted by Crippen LogP contribution is 2.23. The van der Waals surface area contributed by atoms with Gasteiger partial charge in [-0.3, -0.25) is 14.6 Å². The maximum absolute atomic E-state index is 13.9. The maximum atomic E-state index is 13.9. The van der Waals surface area contributed by atoms with E-state index >= 15 is 0 Å². The fourth-order valence-corrected chi connectivity index (χ4v) is 2.10. The van der Waals surface area contributed by atoms with Gasteiger partial charge in [0, 0.05) is 9.77 Å². The van der Waals surface area contributed by atoms with Crippen molar-refractivity contribution in [3.63, 3.8) is 0 Å². The number of aliphatic carboxylic acids is 1. The van der Waals surface area contributed by atoms with Crippen molar-refractivity contribution in [2.45, 2.75) is 0 Å². The molecule has 0 unspecified atom stereocenters. The van der Waals surface area contributed by atoms with Gasteiger partial charge in [-0.05, 0) is 46.9 Å². The van der Waals surface area contributed by atoms with E-state index in [0.29, 0.717) is 0 Å². The van der Waals surface area contributed by atoms with Crippen LogP contribution in [0.3, 0.4) is 0 Å². The Morgan fingerprint density at radius 1 is 1.30 bits per heavy atom. The van der Waals surface area contributed by atoms with Crippen LogP contribution in [0.5, 0.6) is 0 Å². The monoisotopic (exact) mass is 431 g/mol. The Morgan fingerprint density at radius 2 is 2.09 bits per heavy atom. The van der Waals surface area contributed by atoms with E-state index in [9.17, 15) is 14.0 Å². The van der Waals surface area contributed by atoms with E-state index in [0.717, 1.165) is 3.57 Å². The number of nitrogens with zero attached hydrogens (tertiary/aromatic N) is 1. The van der Waals surface area contributed by atoms with Gasteiger partial charge in [0.1, 0.15) is 5.82 Å². The van der Waals surface area contributed by atoms with E-state index in [4.69, 9.17) is 5.11 Å². The average Bonchev–Trinajstić information content (AvgIpc) is 2.50. The molecule has 1 heterocycles. The van der Waals surface area contributed by atoms with Crippen LogP contribution >= 0.6 is 22.6 Å². The molecule has 0 saturated heterocycles. The molecule has 3 N–H and O–H groups in total. The standard InChI is InChI=1S/C14H11FIN3O4/c15-10-5-8(16)1-2-11(10)18-12-6-17-4-3-9(12)14(22)19-23-7-13(20)21/h1-6,18H,7H2,(H,19,22)(H,20,21). The van der Waals surface area contributed by atoms with Gasteiger partial charge in [-0.15, -0.1) is 0 Å². The molecule has 0 aliphatic heterocycles. The summed E-state index contributed by atoms with van der Waals surface area (Å²) in [4.78, 5) is 30.7. The molecule has 1 amide bonds. The Labute approximate surface area is 144 Å². The molecule has 2 rings (SSSR count). The lowest BCUT2D eigenvalue weighted by Gasteiger charge is -2.12. The highest BCUT2D eigenvalue weighted by molar-refractivity contribution is 14.1. The first kappa shape index (κ1) is 17.1. The van der Waals surface area contributed by atoms with Crippen LogP contribution in [0, 0.1) is 9.39 Å². The van der Waals surface area contributed by atoms with E-state index in [-0.39, 0.29) is 16.9 Å². The number of aromatic nitrogens is 1. The molecule has 7 nitrogen and oxygen atoms in total. The normalized spacial score (nSPS) is 10.2. The molecule has 1 aromatic carbocycles. The minimum Gasteiger partial charge on any atom is -0.479 e. The molecule has 9 heteroatoms. The molecule has 0 aliphatic rings. The van der Waals surface area contributed by atoms with Gasteiger partial charge in [-0.25, -0.2) is 14.7 Å². The quantitative estimate of drug-likeness (QED) is 0.480. The fourth-order valence-electron chi connectivity index (χ4n) is 1.65. The SMILES string of the molecule is O=C(O)CONC(=O)c1ccncc1Nc1ccc(I)cc1F. The van der Waals surface area contributed by atoms with Crippen molar-refractivity contribution in [2.75, 3.05) is 11.9 Å². The van der Waals surface area contributed by atoms with Crippen molar-refractivity contribution >= 4 is 45.8 Å². The number of carboxylic acid groups (broad SMARTS) is 1. The number of hydrogen-bond acceptors (Lipinski definition) is 5. The first-order valence-electron chi connectivity index (χ1n) is 6.27. The van der Waals surface area contributed by atoms with Crippen LogP contribution in [-0.2, 0) is 9.63 Å². The molecule has 1 aromatic heterocycles. The summed E-state index contributed by atoms with van der Waals surface area (Å²) < 4.78 is 14.6. The van der Waals surface area contributed by atoms with Gasteiger partial charge < -0.3 is 10.4 Å². The molecule has 0 saturated carbocycles. The smallest absolute Gasteiger partial charge is 0.332 e. The molecule has 2 aromatic rings. The summed E-state index contributed by atoms with van der Waals surface area (Å²) in [6.07, 6.45) is 2.73. The maximum Gasteiger partial charge on any atom is 0.332 e. The Morgan fingerprint density at radius 3 is 2.78 bits per heavy atom. The Bertz CT molecular complexity index is 742. The summed E-state index contributed by atoms with van der Waals surface area (Å²) in [5, 5.41) is 11.2. The van der Waals surface area contributed by atoms with Gasteiger partial charge in [0.25, 0.3) is 5.91 Å². The third kappa shape index (κ3) is 4.86. The Balaban J connectivity index is 2.16. The summed E-state index contributed by atoms with van der Waals surface area (Å²) in [7, 11) is 0. The van der Waals surface area contributed by atoms with Crippen LogP contribution in [0.25, 0.3) is 0 Å². The van der Waals surface area contributed by atoms with Gasteiger partial charge in [0.05, 0.1) is 23.1 Å². The van der Waals surface area contributed by atoms with Crippen LogP contribution in [0.1, 0.15) is 10.4 Å². The lowest BCUT2D eigenvalue weighted by molar-refractivity contribution is -0.144. The number of amides is 1. The molecule has 0 fully saturated rings. The number of pyridine rings is 1. The van der Waals surface area contributed by atoms with Crippen LogP contribution in [-0.4, -0.2) is 28.6 Å². The number of halogens is 2. The first-order valence-corrected chi connectivity index (χ1v) is 7.35. The highest BCUT2D eigenvalue weighted by atomic mass is 127. The van der Waals surface area contributed by atoms with Gasteiger partial charge in [0.15, 0.2) is 6.61 Å². The summed E-state index contributed by atoms with van der Waals surface area (Å²) in [5.74, 6) is -2.38. The van der Waals surface area contributed by atoms with Crippen LogP contribution < -0.4 is 10.8 Å². The second-order valence-corrected chi connectivity index (χ2v) is 5.53. The summed E-state index contributed by atoms with van der Waals surface area (Å²) >= 11 is 1.98. The van der Waals surface area contributed by atoms with E-state index in [1.807, 2.05) is 28.1 Å². The van der Waals surface area contributed by atoms with Crippen molar-refractivity contribution in [1.82, 2.24) is 10.5 Å². The summed E-state index contributed by atoms with van der Waals surface area (Å²) in [6.45, 7) is -0.675. The third-order valence-corrected chi connectivity index (χ3v) is 3.30. The fraction of sp³-hybridized carbons (Fsp3) is 0.0714. The first-order chi connectivity index (χ1) is 11.0. The Kier molecular flexibility index (Phi) is 5.82. The summed E-state index contributed by atoms with van der Waals surface area (Å²) in [5.41, 5.74) is 2.56. The van der Waals surface area contributed by atoms with E-state index in [1.54, 1.807) is 6.07 Å². The van der Waals surface area contributed by atoms with Crippen molar-refractivity contribution < 1.29 is 23.9 Å². The highest BCUT2D eigenvalue weighted by Gasteiger charge is 2.13. The molecular formula is C14H11FIN3O4. The zero-order valence-corrected chi connectivity index (χ0v) is 13.7. The van der Waals surface area contributed by atoms with Crippen molar-refractivity contribution in [3.05, 3.63) is 51.6 Å². The number of hydrogen-bond donors (Lipinski definition) is 3. The predicted octanol–water partition coefficient (Wildman–Crippen LogP) is 2.31. The third-order valence-electron chi connectivity index (χ3n) is 2.63. The average molecular weight is 431 g/mol. The van der Waals surface area contributed by atoms with Crippen LogP contribution in [0.2, 0.25) is 0 Å². The largest absolute Gasteiger partial charge is 0.479 e. The van der Waals surface area contributed by atoms with E-state index in [2.05, 4.69) is 15.1 Å². The number of carboxylic acids is 1. The minimum atomic E-state index is -1.22. The second-order valence-electron chi connectivity index (χ2n) is 4.28. The number of carbonyl (C=O) groups is 2. The van der Waals surface area contributed by atoms with Crippen LogP contribution in [0.4, 0.5) is 15.8 Å². The number of nitrogens with one attached hydrogen (secondary N) is 2. The topological polar surface area (TPSA) is 101 Å². The summed E-state index contributed by atoms with van der Waals surface area (Å²) in [6, 6.07) is 5.98. The number of hydroxylamine groups is 1. The van der Waals surface area contributed by atoms with E-state index in [1.165, 1.54) is 30.6 Å². The van der Waals surface area contributed by atoms with E-state index < -0.39 is 24.3 Å². The molecule has 120 valence electrons. The zero-order chi connectivity index (χ0) is 16.8. The number of rotatable bonds is 6. The van der Waals surface area contributed by atoms with Gasteiger partial charge in [0.2, 0.25) is 0 Å². The lowest BCUT2D eigenvalue weighted by atomic mass is 10.2. The molecule has 0 radical (unpaired) electrons. The molecule has 0 atom stereocenters. The lowest BCUT2D eigenvalue weighted by Crippen LogP contribution is -2.27. The molecule has 0 bridgehead atoms. The van der Waals surface area contributed by atoms with Crippen LogP contribution in [0.15, 0.2) is 36.7 Å². The molecule has 23 heavy (non-hydrogen) atoms. The molecule has 0 spiro atoms. The molecular weight excluding hydrogens is 420 g/mol. The second kappa shape index (κ2) is 7.83. The van der Waals surface area contributed by atoms with Gasteiger partial charge in [-0.1, -0.05) is 0 Å². The number of anilines is 2. The zero-order valence-electron chi connectivity index (χ0n) is 11.5. The molecule has 0 aliphatic carbocycles. The van der Waals surface area contributed by atoms with Gasteiger partial charge >= 0.3 is 5.97 Å². The van der Waals surface area contributed by atoms with Gasteiger partial charge in [-0.2, -0.15) is 0 Å². The van der Waals surface area contributed by atoms with Crippen molar-refractivity contribution in [1.29, 1.82) is 0 Å². The Hall–Kier alpha value is -2.27. The van der Waals surface area contributed by atoms with Crippen molar-refractivity contribution in [3.8, 4) is 0 Å². The minimum absolute atomic E-state index is 0.128. The number of benzene rings is 1. The van der Waals surface area contributed by atoms with Crippen molar-refractivity contribution in [2.24, 2.45) is 0 Å².